The van der Waals surface area contributed by atoms with Crippen molar-refractivity contribution in [2.45, 2.75) is 26.7 Å². The van der Waals surface area contributed by atoms with Crippen molar-refractivity contribution >= 4 is 11.8 Å². The normalized spacial score (nSPS) is 21.3. The second kappa shape index (κ2) is 5.65. The van der Waals surface area contributed by atoms with Crippen molar-refractivity contribution in [3.05, 3.63) is 29.2 Å². The minimum atomic E-state index is -0.232. The molecule has 0 radical (unpaired) electrons. The van der Waals surface area contributed by atoms with E-state index in [1.807, 2.05) is 14.0 Å². The predicted octanol–water partition coefficient (Wildman–Crippen LogP) is 0.508. The molecule has 9 heteroatoms. The zero-order valence-corrected chi connectivity index (χ0v) is 15.4. The Balaban J connectivity index is 1.55. The molecule has 9 nitrogen and oxygen atoms in total. The fraction of sp³-hybridized carbons (Fsp3) is 0.588. The topological polar surface area (TPSA) is 97.4 Å². The summed E-state index contributed by atoms with van der Waals surface area (Å²) in [6, 6.07) is 1.79. The van der Waals surface area contributed by atoms with Gasteiger partial charge in [0.1, 0.15) is 0 Å². The van der Waals surface area contributed by atoms with Gasteiger partial charge in [-0.15, -0.1) is 0 Å². The van der Waals surface area contributed by atoms with Gasteiger partial charge in [-0.3, -0.25) is 14.3 Å². The lowest BCUT2D eigenvalue weighted by Gasteiger charge is -2.49. The summed E-state index contributed by atoms with van der Waals surface area (Å²) in [6.07, 6.45) is 0. The molecule has 2 fully saturated rings. The van der Waals surface area contributed by atoms with E-state index in [0.29, 0.717) is 43.6 Å². The molecular formula is C17H22N6O3. The van der Waals surface area contributed by atoms with Gasteiger partial charge in [-0.05, 0) is 19.9 Å². The van der Waals surface area contributed by atoms with Crippen LogP contribution in [0.3, 0.4) is 0 Å². The van der Waals surface area contributed by atoms with E-state index in [2.05, 4.69) is 15.2 Å². The third kappa shape index (κ3) is 2.49. The zero-order chi connectivity index (χ0) is 18.6. The number of likely N-dealkylation sites (tertiary alicyclic amines) is 2. The monoisotopic (exact) mass is 358 g/mol. The van der Waals surface area contributed by atoms with Crippen LogP contribution in [0.4, 0.5) is 0 Å². The fourth-order valence-corrected chi connectivity index (χ4v) is 4.01. The summed E-state index contributed by atoms with van der Waals surface area (Å²) in [5.41, 5.74) is 1.15. The van der Waals surface area contributed by atoms with E-state index in [-0.39, 0.29) is 23.1 Å². The Labute approximate surface area is 150 Å². The molecule has 0 aliphatic carbocycles. The molecule has 4 rings (SSSR count). The number of rotatable bonds is 2. The summed E-state index contributed by atoms with van der Waals surface area (Å²) in [6.45, 7) is 7.50. The largest absolute Gasteiger partial charge is 0.341 e. The molecule has 138 valence electrons. The highest BCUT2D eigenvalue weighted by molar-refractivity contribution is 5.93. The maximum Gasteiger partial charge on any atom is 0.274 e. The van der Waals surface area contributed by atoms with Crippen LogP contribution in [0, 0.1) is 19.3 Å². The molecule has 0 saturated carbocycles. The summed E-state index contributed by atoms with van der Waals surface area (Å²) < 4.78 is 7.08. The number of carbonyl (C=O) groups excluding carboxylic acids is 2. The molecule has 2 aromatic heterocycles. The van der Waals surface area contributed by atoms with Crippen molar-refractivity contribution < 1.29 is 14.1 Å². The third-order valence-corrected chi connectivity index (χ3v) is 5.57. The van der Waals surface area contributed by atoms with Crippen LogP contribution in [0.2, 0.25) is 0 Å². The van der Waals surface area contributed by atoms with Gasteiger partial charge >= 0.3 is 0 Å². The first-order valence-electron chi connectivity index (χ1n) is 8.65. The first-order chi connectivity index (χ1) is 12.3. The molecule has 2 aliphatic heterocycles. The number of carbonyl (C=O) groups is 2. The highest BCUT2D eigenvalue weighted by Crippen LogP contribution is 2.49. The van der Waals surface area contributed by atoms with Gasteiger partial charge in [0.2, 0.25) is 11.8 Å². The summed E-state index contributed by atoms with van der Waals surface area (Å²) in [7, 11) is 1.82. The van der Waals surface area contributed by atoms with E-state index in [9.17, 15) is 9.59 Å². The van der Waals surface area contributed by atoms with Crippen LogP contribution >= 0.6 is 0 Å². The van der Waals surface area contributed by atoms with Gasteiger partial charge in [-0.1, -0.05) is 5.16 Å². The Morgan fingerprint density at radius 3 is 2.46 bits per heavy atom. The molecular weight excluding hydrogens is 336 g/mol. The smallest absolute Gasteiger partial charge is 0.274 e. The second-order valence-corrected chi connectivity index (χ2v) is 7.45. The van der Waals surface area contributed by atoms with E-state index in [4.69, 9.17) is 4.52 Å². The fourth-order valence-electron chi connectivity index (χ4n) is 4.01. The zero-order valence-electron chi connectivity index (χ0n) is 15.4. The lowest BCUT2D eigenvalue weighted by atomic mass is 9.71. The number of aryl methyl sites for hydroxylation is 3. The Morgan fingerprint density at radius 1 is 1.23 bits per heavy atom. The van der Waals surface area contributed by atoms with Gasteiger partial charge in [0.15, 0.2) is 11.5 Å². The van der Waals surface area contributed by atoms with Gasteiger partial charge in [0.25, 0.3) is 5.91 Å². The lowest BCUT2D eigenvalue weighted by molar-refractivity contribution is -0.128. The van der Waals surface area contributed by atoms with Crippen LogP contribution in [0.15, 0.2) is 10.6 Å². The van der Waals surface area contributed by atoms with Crippen LogP contribution in [0.1, 0.15) is 40.7 Å². The SMILES string of the molecule is CC(=O)N1CC(c2nc(C)no2)C2(C1)CN(C(=O)c1cc(C)n(C)n1)C2. The van der Waals surface area contributed by atoms with Crippen molar-refractivity contribution in [2.24, 2.45) is 12.5 Å². The van der Waals surface area contributed by atoms with E-state index in [1.165, 1.54) is 0 Å². The predicted molar refractivity (Wildman–Crippen MR) is 90.3 cm³/mol. The highest BCUT2D eigenvalue weighted by atomic mass is 16.5. The summed E-state index contributed by atoms with van der Waals surface area (Å²) in [5, 5.41) is 8.16. The molecule has 2 aromatic rings. The van der Waals surface area contributed by atoms with E-state index < -0.39 is 0 Å². The maximum atomic E-state index is 12.7. The van der Waals surface area contributed by atoms with Crippen LogP contribution < -0.4 is 0 Å². The van der Waals surface area contributed by atoms with Crippen molar-refractivity contribution in [1.82, 2.24) is 29.7 Å². The number of hydrogen-bond acceptors (Lipinski definition) is 6. The van der Waals surface area contributed by atoms with Gasteiger partial charge in [-0.2, -0.15) is 10.1 Å². The van der Waals surface area contributed by atoms with Gasteiger partial charge < -0.3 is 14.3 Å². The Kier molecular flexibility index (Phi) is 3.64. The Hall–Kier alpha value is -2.71. The van der Waals surface area contributed by atoms with E-state index in [1.54, 1.807) is 34.4 Å². The van der Waals surface area contributed by atoms with Crippen LogP contribution in [-0.4, -0.2) is 67.7 Å². The maximum absolute atomic E-state index is 12.7. The average molecular weight is 358 g/mol. The number of aromatic nitrogens is 4. The molecule has 0 bridgehead atoms. The second-order valence-electron chi connectivity index (χ2n) is 7.45. The highest BCUT2D eigenvalue weighted by Gasteiger charge is 2.58. The molecule has 4 heterocycles. The first-order valence-corrected chi connectivity index (χ1v) is 8.65. The van der Waals surface area contributed by atoms with Crippen molar-refractivity contribution in [2.75, 3.05) is 26.2 Å². The molecule has 0 aromatic carbocycles. The molecule has 2 aliphatic rings. The minimum Gasteiger partial charge on any atom is -0.341 e. The molecule has 1 spiro atoms. The van der Waals surface area contributed by atoms with Crippen LogP contribution in [-0.2, 0) is 11.8 Å². The molecule has 2 saturated heterocycles. The van der Waals surface area contributed by atoms with Crippen molar-refractivity contribution in [1.29, 1.82) is 0 Å². The van der Waals surface area contributed by atoms with Gasteiger partial charge in [0.05, 0.1) is 5.92 Å². The standard InChI is InChI=1S/C17H22N6O3/c1-10-5-14(19-21(10)4)16(25)23-8-17(9-23)7-22(12(3)24)6-13(17)15-18-11(2)20-26-15/h5,13H,6-9H2,1-4H3. The Morgan fingerprint density at radius 2 is 1.92 bits per heavy atom. The summed E-state index contributed by atoms with van der Waals surface area (Å²) in [4.78, 5) is 32.6. The molecule has 2 amide bonds. The van der Waals surface area contributed by atoms with Crippen LogP contribution in [0.25, 0.3) is 0 Å². The van der Waals surface area contributed by atoms with Crippen molar-refractivity contribution in [3.63, 3.8) is 0 Å². The van der Waals surface area contributed by atoms with Crippen molar-refractivity contribution in [3.8, 4) is 0 Å². The quantitative estimate of drug-likeness (QED) is 0.776. The number of nitrogens with zero attached hydrogens (tertiary/aromatic N) is 6. The third-order valence-electron chi connectivity index (χ3n) is 5.57. The van der Waals surface area contributed by atoms with Crippen LogP contribution in [0.5, 0.6) is 0 Å². The number of hydrogen-bond donors (Lipinski definition) is 0. The Bertz CT molecular complexity index is 859. The average Bonchev–Trinajstić information content (AvgIpc) is 3.23. The molecule has 1 atom stereocenters. The van der Waals surface area contributed by atoms with E-state index >= 15 is 0 Å². The molecule has 26 heavy (non-hydrogen) atoms. The van der Waals surface area contributed by atoms with E-state index in [0.717, 1.165) is 5.69 Å². The summed E-state index contributed by atoms with van der Waals surface area (Å²) >= 11 is 0. The molecule has 1 unspecified atom stereocenters. The van der Waals surface area contributed by atoms with Gasteiger partial charge in [-0.25, -0.2) is 0 Å². The number of amides is 2. The lowest BCUT2D eigenvalue weighted by Crippen LogP contribution is -2.61. The molecule has 0 N–H and O–H groups in total. The minimum absolute atomic E-state index is 0.0215. The first kappa shape index (κ1) is 16.7. The van der Waals surface area contributed by atoms with Gasteiger partial charge in [0, 0.05) is 51.3 Å². The summed E-state index contributed by atoms with van der Waals surface area (Å²) in [5.74, 6) is 1.01.